The summed E-state index contributed by atoms with van der Waals surface area (Å²) in [5.41, 5.74) is -1.80. The Hall–Kier alpha value is -5.00. The number of ether oxygens (including phenoxy) is 2. The van der Waals surface area contributed by atoms with Crippen molar-refractivity contribution in [2.75, 3.05) is 22.9 Å². The Morgan fingerprint density at radius 2 is 1.14 bits per heavy atom. The van der Waals surface area contributed by atoms with Crippen LogP contribution in [0.3, 0.4) is 0 Å². The number of aromatic nitrogens is 2. The molecule has 4 aliphatic heterocycles. The van der Waals surface area contributed by atoms with Crippen LogP contribution in [0, 0.1) is 29.1 Å². The number of hydrogen-bond acceptors (Lipinski definition) is 9. The fourth-order valence-corrected chi connectivity index (χ4v) is 20.5. The van der Waals surface area contributed by atoms with Gasteiger partial charge in [-0.05, 0) is 20.8 Å². The number of benzene rings is 3. The molecule has 4 aliphatic rings. The number of aromatic amines is 2. The van der Waals surface area contributed by atoms with E-state index in [0.29, 0.717) is 40.8 Å². The summed E-state index contributed by atoms with van der Waals surface area (Å²) in [6, 6.07) is 8.26. The maximum atomic E-state index is 15.1. The van der Waals surface area contributed by atoms with Crippen molar-refractivity contribution >= 4 is 69.3 Å². The van der Waals surface area contributed by atoms with E-state index < -0.39 is 100 Å². The van der Waals surface area contributed by atoms with Gasteiger partial charge in [-0.1, -0.05) is 0 Å². The van der Waals surface area contributed by atoms with Gasteiger partial charge in [-0.25, -0.2) is 0 Å². The molecule has 2 aromatic heterocycles. The fourth-order valence-electron chi connectivity index (χ4n) is 8.83. The molecule has 0 aliphatic carbocycles. The van der Waals surface area contributed by atoms with Crippen LogP contribution in [0.4, 0.5) is 38.1 Å². The topological polar surface area (TPSA) is 145 Å². The van der Waals surface area contributed by atoms with E-state index in [1.807, 2.05) is 61.5 Å². The normalized spacial score (nSPS) is 21.6. The SMILES string of the molecule is CC(C)(C)OC(=O)N1CCc2c1ccc1[nH]c(C(=O)N3CCc4c3c([As]35(OC(C)(C)C(C)(C)O3)OC(C)(C)C(C)(C)O5)cc3[nH]c(C(=O)Oc5c(F)c(F)c(F)c(F)c5F)cc43)cc21. The fraction of sp³-hybridized carbons (Fsp3) is 0.444. The third kappa shape index (κ3) is 6.26. The number of carbonyl (C=O) groups excluding carboxylic acids is 3. The Bertz CT molecular complexity index is 2810. The van der Waals surface area contributed by atoms with Crippen LogP contribution < -0.4 is 18.9 Å². The summed E-state index contributed by atoms with van der Waals surface area (Å²) < 4.78 is 111. The Labute approximate surface area is 366 Å². The summed E-state index contributed by atoms with van der Waals surface area (Å²) >= 11 is -5.96. The van der Waals surface area contributed by atoms with E-state index in [4.69, 9.17) is 24.4 Å². The van der Waals surface area contributed by atoms with Gasteiger partial charge in [0.2, 0.25) is 0 Å². The number of anilines is 2. The zero-order chi connectivity index (χ0) is 46.7. The number of nitrogens with one attached hydrogen (secondary N) is 2. The predicted molar refractivity (Wildman–Crippen MR) is 226 cm³/mol. The Morgan fingerprint density at radius 3 is 1.70 bits per heavy atom. The van der Waals surface area contributed by atoms with Gasteiger partial charge >= 0.3 is 341 Å². The summed E-state index contributed by atoms with van der Waals surface area (Å²) in [4.78, 5) is 51.1. The van der Waals surface area contributed by atoms with Crippen molar-refractivity contribution in [1.82, 2.24) is 9.97 Å². The molecular formula is C45H48AsF5N4O9. The van der Waals surface area contributed by atoms with Gasteiger partial charge in [0.25, 0.3) is 0 Å². The first-order valence-electron chi connectivity index (χ1n) is 20.8. The molecule has 2 saturated heterocycles. The Balaban J connectivity index is 1.21. The first kappa shape index (κ1) is 44.2. The van der Waals surface area contributed by atoms with Crippen LogP contribution in [0.25, 0.3) is 21.8 Å². The van der Waals surface area contributed by atoms with E-state index >= 15 is 4.79 Å². The van der Waals surface area contributed by atoms with E-state index in [1.165, 1.54) is 6.07 Å². The molecule has 2 fully saturated rings. The van der Waals surface area contributed by atoms with Crippen molar-refractivity contribution in [2.24, 2.45) is 0 Å². The second kappa shape index (κ2) is 13.5. The molecule has 9 rings (SSSR count). The van der Waals surface area contributed by atoms with Crippen molar-refractivity contribution < 1.29 is 60.7 Å². The van der Waals surface area contributed by atoms with Gasteiger partial charge in [0.05, 0.1) is 0 Å². The van der Waals surface area contributed by atoms with Gasteiger partial charge in [-0.2, -0.15) is 0 Å². The second-order valence-electron chi connectivity index (χ2n) is 19.7. The molecule has 19 heteroatoms. The first-order valence-corrected chi connectivity index (χ1v) is 24.8. The first-order chi connectivity index (χ1) is 29.5. The quantitative estimate of drug-likeness (QED) is 0.0451. The van der Waals surface area contributed by atoms with E-state index in [2.05, 4.69) is 9.97 Å². The third-order valence-corrected chi connectivity index (χ3v) is 22.0. The average molecular weight is 959 g/mol. The summed E-state index contributed by atoms with van der Waals surface area (Å²) in [6.07, 6.45) is 0.245. The molecule has 64 heavy (non-hydrogen) atoms. The van der Waals surface area contributed by atoms with Crippen molar-refractivity contribution in [3.63, 3.8) is 0 Å². The summed E-state index contributed by atoms with van der Waals surface area (Å²) in [7, 11) is 0. The molecule has 6 heterocycles. The van der Waals surface area contributed by atoms with Crippen molar-refractivity contribution in [3.8, 4) is 5.75 Å². The minimum absolute atomic E-state index is 0.107. The van der Waals surface area contributed by atoms with E-state index in [9.17, 15) is 31.5 Å². The number of H-pyrrole nitrogens is 2. The van der Waals surface area contributed by atoms with Crippen LogP contribution in [0.5, 0.6) is 5.75 Å². The molecule has 0 atom stereocenters. The molecule has 342 valence electrons. The summed E-state index contributed by atoms with van der Waals surface area (Å²) in [5, 5.41) is 1.12. The van der Waals surface area contributed by atoms with Gasteiger partial charge in [0.1, 0.15) is 5.60 Å². The number of esters is 1. The Kier molecular flexibility index (Phi) is 9.35. The van der Waals surface area contributed by atoms with Crippen LogP contribution in [0.2, 0.25) is 0 Å². The minimum atomic E-state index is -5.96. The Morgan fingerprint density at radius 1 is 0.656 bits per heavy atom. The standard InChI is InChI=1S/C45H48AsF5N4O9/c1-41(2,3)60-40(58)54-16-14-21-23-18-28(52-26(23)12-13-30(21)54)38(56)55-17-15-22-24-19-29(39(57)59-37-34(50)32(48)31(47)33(49)35(37)51)53-27(24)20-25(36(22)55)46(61-42(4,5)43(6,7)62-46)63-44(8,9)45(10,11)64-46/h12-13,18-20,52-53H,14-17H2,1-11H3. The van der Waals surface area contributed by atoms with Gasteiger partial charge in [0, 0.05) is 0 Å². The number of amides is 2. The number of halogens is 5. The average Bonchev–Trinajstić information content (AvgIpc) is 4.01. The van der Waals surface area contributed by atoms with Crippen molar-refractivity contribution in [3.05, 3.63) is 81.9 Å². The second-order valence-corrected chi connectivity index (χ2v) is 25.6. The van der Waals surface area contributed by atoms with Gasteiger partial charge in [0.15, 0.2) is 0 Å². The monoisotopic (exact) mass is 958 g/mol. The number of fused-ring (bicyclic) bond motifs is 6. The maximum absolute atomic E-state index is 15.1. The molecule has 3 aromatic carbocycles. The number of carbonyl (C=O) groups is 3. The van der Waals surface area contributed by atoms with E-state index in [1.54, 1.807) is 48.8 Å². The molecule has 2 amide bonds. The van der Waals surface area contributed by atoms with Crippen LogP contribution in [0.15, 0.2) is 30.3 Å². The zero-order valence-corrected chi connectivity index (χ0v) is 39.0. The third-order valence-electron chi connectivity index (χ3n) is 13.1. The van der Waals surface area contributed by atoms with Crippen LogP contribution >= 0.6 is 0 Å². The van der Waals surface area contributed by atoms with Gasteiger partial charge < -0.3 is 0 Å². The van der Waals surface area contributed by atoms with Crippen LogP contribution in [-0.4, -0.2) is 82.8 Å². The van der Waals surface area contributed by atoms with Crippen molar-refractivity contribution in [1.29, 1.82) is 0 Å². The summed E-state index contributed by atoms with van der Waals surface area (Å²) in [6.45, 7) is 20.6. The van der Waals surface area contributed by atoms with E-state index in [0.717, 1.165) is 10.9 Å². The molecule has 0 unspecified atom stereocenters. The van der Waals surface area contributed by atoms with Crippen LogP contribution in [-0.2, 0) is 32.5 Å². The molecular weight excluding hydrogens is 910 g/mol. The van der Waals surface area contributed by atoms with E-state index in [-0.39, 0.29) is 28.5 Å². The molecule has 5 aromatic rings. The molecule has 2 N–H and O–H groups in total. The number of hydrogen-bond donors (Lipinski definition) is 2. The van der Waals surface area contributed by atoms with Gasteiger partial charge in [-0.15, -0.1) is 0 Å². The molecule has 0 bridgehead atoms. The summed E-state index contributed by atoms with van der Waals surface area (Å²) in [5.74, 6) is -15.3. The molecule has 0 radical (unpaired) electrons. The molecule has 1 spiro atoms. The zero-order valence-electron chi connectivity index (χ0n) is 37.1. The molecule has 13 nitrogen and oxygen atoms in total. The molecule has 0 saturated carbocycles. The van der Waals surface area contributed by atoms with Gasteiger partial charge in [-0.3, -0.25) is 0 Å². The van der Waals surface area contributed by atoms with Crippen molar-refractivity contribution in [2.45, 2.75) is 117 Å². The predicted octanol–water partition coefficient (Wildman–Crippen LogP) is 8.87. The number of nitrogens with zero attached hydrogens (tertiary/aromatic N) is 2. The number of rotatable bonds is 4. The van der Waals surface area contributed by atoms with Crippen LogP contribution in [0.1, 0.15) is 108 Å².